The zero-order valence-corrected chi connectivity index (χ0v) is 6.69. The molecule has 1 rings (SSSR count). The third kappa shape index (κ3) is 2.57. The Morgan fingerprint density at radius 3 is 3.15 bits per heavy atom. The average molecular weight is 180 g/mol. The van der Waals surface area contributed by atoms with E-state index in [1.807, 2.05) is 6.07 Å². The molecule has 0 spiro atoms. The highest BCUT2D eigenvalue weighted by atomic mass is 16.4. The van der Waals surface area contributed by atoms with Crippen LogP contribution in [-0.2, 0) is 4.79 Å². The first-order chi connectivity index (χ1) is 6.24. The molecule has 1 atom stereocenters. The van der Waals surface area contributed by atoms with Crippen molar-refractivity contribution in [2.45, 2.75) is 6.04 Å². The maximum absolute atomic E-state index is 10.2. The summed E-state index contributed by atoms with van der Waals surface area (Å²) in [5.41, 5.74) is 0.559. The van der Waals surface area contributed by atoms with Gasteiger partial charge in [0.25, 0.3) is 0 Å². The molecule has 13 heavy (non-hydrogen) atoms. The number of aliphatic carboxylic acids is 1. The summed E-state index contributed by atoms with van der Waals surface area (Å²) in [5, 5.41) is 19.6. The van der Waals surface area contributed by atoms with Gasteiger partial charge in [-0.2, -0.15) is 5.26 Å². The Labute approximate surface area is 74.2 Å². The predicted octanol–water partition coefficient (Wildman–Crippen LogP) is -0.351. The number of carbonyl (C=O) groups is 1. The molecule has 0 saturated heterocycles. The molecule has 6 heteroatoms. The van der Waals surface area contributed by atoms with Gasteiger partial charge in [0.05, 0.1) is 30.8 Å². The summed E-state index contributed by atoms with van der Waals surface area (Å²) in [6.45, 7) is -0.253. The molecule has 0 aromatic carbocycles. The van der Waals surface area contributed by atoms with Crippen molar-refractivity contribution in [2.24, 2.45) is 0 Å². The van der Waals surface area contributed by atoms with Gasteiger partial charge in [0, 0.05) is 0 Å². The van der Waals surface area contributed by atoms with Crippen molar-refractivity contribution in [1.82, 2.24) is 15.3 Å². The lowest BCUT2D eigenvalue weighted by Gasteiger charge is -2.05. The number of hydrogen-bond acceptors (Lipinski definition) is 4. The quantitative estimate of drug-likeness (QED) is 0.587. The molecule has 1 aromatic rings. The van der Waals surface area contributed by atoms with Gasteiger partial charge in [-0.15, -0.1) is 0 Å². The summed E-state index contributed by atoms with van der Waals surface area (Å²) in [6.07, 6.45) is 2.91. The number of nitriles is 1. The Kier molecular flexibility index (Phi) is 3.00. The van der Waals surface area contributed by atoms with E-state index in [4.69, 9.17) is 10.4 Å². The Morgan fingerprint density at radius 1 is 1.92 bits per heavy atom. The van der Waals surface area contributed by atoms with Crippen LogP contribution in [0.15, 0.2) is 12.5 Å². The fourth-order valence-electron chi connectivity index (χ4n) is 0.839. The van der Waals surface area contributed by atoms with Gasteiger partial charge in [-0.1, -0.05) is 0 Å². The zero-order chi connectivity index (χ0) is 9.68. The molecule has 0 aliphatic rings. The van der Waals surface area contributed by atoms with Crippen molar-refractivity contribution < 1.29 is 9.90 Å². The van der Waals surface area contributed by atoms with E-state index in [0.29, 0.717) is 5.69 Å². The average Bonchev–Trinajstić information content (AvgIpc) is 2.58. The maximum Gasteiger partial charge on any atom is 0.317 e. The number of aromatic nitrogens is 2. The first-order valence-corrected chi connectivity index (χ1v) is 3.57. The second kappa shape index (κ2) is 4.23. The third-order valence-electron chi connectivity index (χ3n) is 1.42. The van der Waals surface area contributed by atoms with E-state index in [1.54, 1.807) is 0 Å². The number of imidazole rings is 1. The van der Waals surface area contributed by atoms with Crippen molar-refractivity contribution in [3.05, 3.63) is 18.2 Å². The molecule has 1 unspecified atom stereocenters. The van der Waals surface area contributed by atoms with Crippen molar-refractivity contribution in [3.8, 4) is 6.07 Å². The summed E-state index contributed by atoms with van der Waals surface area (Å²) < 4.78 is 0. The Hall–Kier alpha value is -1.87. The number of carboxylic acids is 1. The van der Waals surface area contributed by atoms with E-state index < -0.39 is 12.0 Å². The topological polar surface area (TPSA) is 102 Å². The molecule has 1 aromatic heterocycles. The van der Waals surface area contributed by atoms with Crippen LogP contribution in [0.25, 0.3) is 0 Å². The second-order valence-corrected chi connectivity index (χ2v) is 2.34. The van der Waals surface area contributed by atoms with E-state index in [0.717, 1.165) is 0 Å². The Morgan fingerprint density at radius 2 is 2.69 bits per heavy atom. The van der Waals surface area contributed by atoms with Crippen LogP contribution in [0.4, 0.5) is 0 Å². The highest BCUT2D eigenvalue weighted by Gasteiger charge is 2.11. The van der Waals surface area contributed by atoms with Gasteiger partial charge in [-0.3, -0.25) is 10.1 Å². The smallest absolute Gasteiger partial charge is 0.317 e. The van der Waals surface area contributed by atoms with Crippen LogP contribution in [0.3, 0.4) is 0 Å². The van der Waals surface area contributed by atoms with Crippen LogP contribution in [-0.4, -0.2) is 27.6 Å². The van der Waals surface area contributed by atoms with E-state index >= 15 is 0 Å². The Bertz CT molecular complexity index is 314. The van der Waals surface area contributed by atoms with Crippen LogP contribution in [0.5, 0.6) is 0 Å². The van der Waals surface area contributed by atoms with Gasteiger partial charge in [-0.25, -0.2) is 4.98 Å². The van der Waals surface area contributed by atoms with E-state index in [-0.39, 0.29) is 6.54 Å². The first kappa shape index (κ1) is 9.22. The van der Waals surface area contributed by atoms with Crippen LogP contribution >= 0.6 is 0 Å². The molecular weight excluding hydrogens is 172 g/mol. The number of nitrogens with one attached hydrogen (secondary N) is 2. The summed E-state index contributed by atoms with van der Waals surface area (Å²) in [7, 11) is 0. The van der Waals surface area contributed by atoms with Crippen LogP contribution in [0, 0.1) is 11.3 Å². The number of hydrogen-bond donors (Lipinski definition) is 3. The van der Waals surface area contributed by atoms with Gasteiger partial charge >= 0.3 is 5.97 Å². The molecule has 0 fully saturated rings. The molecule has 6 nitrogen and oxygen atoms in total. The number of rotatable bonds is 4. The lowest BCUT2D eigenvalue weighted by molar-refractivity contribution is -0.136. The second-order valence-electron chi connectivity index (χ2n) is 2.34. The van der Waals surface area contributed by atoms with Gasteiger partial charge in [0.15, 0.2) is 0 Å². The molecule has 0 amide bonds. The highest BCUT2D eigenvalue weighted by Crippen LogP contribution is 2.05. The van der Waals surface area contributed by atoms with Gasteiger partial charge in [-0.05, 0) is 0 Å². The maximum atomic E-state index is 10.2. The highest BCUT2D eigenvalue weighted by molar-refractivity contribution is 5.69. The molecule has 0 bridgehead atoms. The minimum absolute atomic E-state index is 0.253. The van der Waals surface area contributed by atoms with Crippen molar-refractivity contribution >= 4 is 5.97 Å². The van der Waals surface area contributed by atoms with Crippen molar-refractivity contribution in [1.29, 1.82) is 5.26 Å². The molecule has 0 saturated carbocycles. The molecule has 0 aliphatic heterocycles. The predicted molar refractivity (Wildman–Crippen MR) is 42.6 cm³/mol. The number of carboxylic acid groups (broad SMARTS) is 1. The van der Waals surface area contributed by atoms with E-state index in [9.17, 15) is 4.79 Å². The fraction of sp³-hybridized carbons (Fsp3) is 0.286. The zero-order valence-electron chi connectivity index (χ0n) is 6.69. The SMILES string of the molecule is N#CC(NCC(=O)O)c1cnc[nH]1. The number of H-pyrrole nitrogens is 1. The van der Waals surface area contributed by atoms with Gasteiger partial charge < -0.3 is 10.1 Å². The van der Waals surface area contributed by atoms with E-state index in [1.165, 1.54) is 12.5 Å². The number of nitrogens with zero attached hydrogens (tertiary/aromatic N) is 2. The summed E-state index contributed by atoms with van der Waals surface area (Å²) in [5.74, 6) is -1.00. The lowest BCUT2D eigenvalue weighted by Crippen LogP contribution is -2.26. The third-order valence-corrected chi connectivity index (χ3v) is 1.42. The Balaban J connectivity index is 2.55. The van der Waals surface area contributed by atoms with Crippen LogP contribution in [0.1, 0.15) is 11.7 Å². The number of aromatic amines is 1. The molecule has 3 N–H and O–H groups in total. The summed E-state index contributed by atoms with van der Waals surface area (Å²) in [4.78, 5) is 16.6. The van der Waals surface area contributed by atoms with Gasteiger partial charge in [0.1, 0.15) is 6.04 Å². The molecular formula is C7H8N4O2. The summed E-state index contributed by atoms with van der Waals surface area (Å²) >= 11 is 0. The van der Waals surface area contributed by atoms with Gasteiger partial charge in [0.2, 0.25) is 0 Å². The first-order valence-electron chi connectivity index (χ1n) is 3.57. The standard InChI is InChI=1S/C7H8N4O2/c8-1-5(10-3-7(12)13)6-2-9-4-11-6/h2,4-5,10H,3H2,(H,9,11)(H,12,13). The van der Waals surface area contributed by atoms with Crippen LogP contribution in [0.2, 0.25) is 0 Å². The molecule has 0 radical (unpaired) electrons. The fourth-order valence-corrected chi connectivity index (χ4v) is 0.839. The monoisotopic (exact) mass is 180 g/mol. The summed E-state index contributed by atoms with van der Waals surface area (Å²) in [6, 6.07) is 1.26. The normalized spacial score (nSPS) is 11.9. The van der Waals surface area contributed by atoms with Crippen molar-refractivity contribution in [2.75, 3.05) is 6.54 Å². The van der Waals surface area contributed by atoms with E-state index in [2.05, 4.69) is 15.3 Å². The van der Waals surface area contributed by atoms with Crippen molar-refractivity contribution in [3.63, 3.8) is 0 Å². The lowest BCUT2D eigenvalue weighted by atomic mass is 10.2. The minimum Gasteiger partial charge on any atom is -0.480 e. The molecule has 68 valence electrons. The largest absolute Gasteiger partial charge is 0.480 e. The molecule has 1 heterocycles. The minimum atomic E-state index is -1.00. The molecule has 0 aliphatic carbocycles. The van der Waals surface area contributed by atoms with Crippen LogP contribution < -0.4 is 5.32 Å².